The second-order valence-electron chi connectivity index (χ2n) is 6.19. The second-order valence-corrected chi connectivity index (χ2v) is 6.19. The van der Waals surface area contributed by atoms with Gasteiger partial charge in [0.15, 0.2) is 5.96 Å². The van der Waals surface area contributed by atoms with Crippen LogP contribution in [0.3, 0.4) is 0 Å². The molecule has 1 saturated heterocycles. The minimum absolute atomic E-state index is 0. The smallest absolute Gasteiger partial charge is 0.218 e. The number of likely N-dealkylation sites (tertiary alicyclic amines) is 1. The van der Waals surface area contributed by atoms with Gasteiger partial charge >= 0.3 is 0 Å². The summed E-state index contributed by atoms with van der Waals surface area (Å²) < 4.78 is 11.4. The number of piperidine rings is 1. The predicted octanol–water partition coefficient (Wildman–Crippen LogP) is 3.33. The minimum atomic E-state index is 0. The molecule has 2 heterocycles. The molecular weight excluding hydrogens is 455 g/mol. The molecule has 0 aliphatic carbocycles. The third-order valence-corrected chi connectivity index (χ3v) is 4.48. The van der Waals surface area contributed by atoms with E-state index in [4.69, 9.17) is 9.47 Å². The number of ether oxygens (including phenoxy) is 2. The van der Waals surface area contributed by atoms with E-state index in [1.54, 1.807) is 13.3 Å². The maximum Gasteiger partial charge on any atom is 0.218 e. The van der Waals surface area contributed by atoms with Gasteiger partial charge in [-0.3, -0.25) is 4.99 Å². The van der Waals surface area contributed by atoms with Crippen LogP contribution in [-0.4, -0.2) is 49.2 Å². The lowest BCUT2D eigenvalue weighted by atomic mass is 10.1. The van der Waals surface area contributed by atoms with Crippen molar-refractivity contribution in [1.82, 2.24) is 15.2 Å². The topological polar surface area (TPSA) is 59.0 Å². The van der Waals surface area contributed by atoms with Crippen molar-refractivity contribution < 1.29 is 9.47 Å². The Balaban J connectivity index is 0.00000261. The number of halogens is 1. The average Bonchev–Trinajstić information content (AvgIpc) is 2.70. The normalized spacial score (nSPS) is 15.0. The van der Waals surface area contributed by atoms with Gasteiger partial charge in [0.1, 0.15) is 11.9 Å². The number of aromatic nitrogens is 1. The first-order valence-corrected chi connectivity index (χ1v) is 8.95. The molecule has 27 heavy (non-hydrogen) atoms. The molecule has 1 aromatic carbocycles. The Bertz CT molecular complexity index is 719. The van der Waals surface area contributed by atoms with Crippen molar-refractivity contribution >= 4 is 29.9 Å². The maximum absolute atomic E-state index is 6.06. The molecule has 0 saturated carbocycles. The number of hydrogen-bond acceptors (Lipinski definition) is 4. The number of benzene rings is 1. The Hall–Kier alpha value is -2.03. The highest BCUT2D eigenvalue weighted by molar-refractivity contribution is 14.0. The maximum atomic E-state index is 6.06. The summed E-state index contributed by atoms with van der Waals surface area (Å²) in [6.07, 6.45) is 3.94. The van der Waals surface area contributed by atoms with Gasteiger partial charge in [-0.1, -0.05) is 24.3 Å². The van der Waals surface area contributed by atoms with Gasteiger partial charge in [-0.05, 0) is 18.2 Å². The summed E-state index contributed by atoms with van der Waals surface area (Å²) in [4.78, 5) is 10.9. The third kappa shape index (κ3) is 5.98. The standard InChI is InChI=1S/C20H26N4O2.HI/c1-21-20(23-15-16-7-6-12-22-19(16)25-2)24-13-10-18(11-14-24)26-17-8-4-3-5-9-17;/h3-9,12,18H,10-11,13-15H2,1-2H3,(H,21,23);1H. The van der Waals surface area contributed by atoms with E-state index < -0.39 is 0 Å². The minimum Gasteiger partial charge on any atom is -0.490 e. The third-order valence-electron chi connectivity index (χ3n) is 4.48. The molecule has 0 atom stereocenters. The summed E-state index contributed by atoms with van der Waals surface area (Å²) in [5.41, 5.74) is 1.01. The van der Waals surface area contributed by atoms with E-state index in [9.17, 15) is 0 Å². The van der Waals surface area contributed by atoms with Gasteiger partial charge in [-0.2, -0.15) is 0 Å². The highest BCUT2D eigenvalue weighted by Crippen LogP contribution is 2.19. The number of rotatable bonds is 5. The molecule has 0 radical (unpaired) electrons. The highest BCUT2D eigenvalue weighted by atomic mass is 127. The fourth-order valence-corrected chi connectivity index (χ4v) is 3.13. The predicted molar refractivity (Wildman–Crippen MR) is 118 cm³/mol. The Morgan fingerprint density at radius 1 is 1.19 bits per heavy atom. The SMILES string of the molecule is CN=C(NCc1cccnc1OC)N1CCC(Oc2ccccc2)CC1.I. The number of para-hydroxylation sites is 1. The molecule has 1 aliphatic heterocycles. The van der Waals surface area contributed by atoms with Crippen LogP contribution in [0.4, 0.5) is 0 Å². The Morgan fingerprint density at radius 2 is 1.93 bits per heavy atom. The molecule has 0 spiro atoms. The van der Waals surface area contributed by atoms with Crippen molar-refractivity contribution in [3.63, 3.8) is 0 Å². The molecule has 3 rings (SSSR count). The van der Waals surface area contributed by atoms with Crippen LogP contribution < -0.4 is 14.8 Å². The summed E-state index contributed by atoms with van der Waals surface area (Å²) in [6.45, 7) is 2.47. The summed E-state index contributed by atoms with van der Waals surface area (Å²) in [6, 6.07) is 13.9. The Kier molecular flexibility index (Phi) is 8.63. The van der Waals surface area contributed by atoms with Crippen molar-refractivity contribution in [2.24, 2.45) is 4.99 Å². The summed E-state index contributed by atoms with van der Waals surface area (Å²) in [7, 11) is 3.45. The van der Waals surface area contributed by atoms with E-state index in [1.165, 1.54) is 0 Å². The van der Waals surface area contributed by atoms with Gasteiger partial charge in [0.05, 0.1) is 7.11 Å². The largest absolute Gasteiger partial charge is 0.490 e. The monoisotopic (exact) mass is 482 g/mol. The fraction of sp³-hybridized carbons (Fsp3) is 0.400. The van der Waals surface area contributed by atoms with E-state index in [-0.39, 0.29) is 30.1 Å². The van der Waals surface area contributed by atoms with Crippen LogP contribution in [0, 0.1) is 0 Å². The molecular formula is C20H27IN4O2. The molecule has 0 bridgehead atoms. The number of hydrogen-bond donors (Lipinski definition) is 1. The van der Waals surface area contributed by atoms with Crippen LogP contribution in [-0.2, 0) is 6.54 Å². The summed E-state index contributed by atoms with van der Waals surface area (Å²) in [5, 5.41) is 3.41. The number of nitrogens with zero attached hydrogens (tertiary/aromatic N) is 3. The summed E-state index contributed by atoms with van der Waals surface area (Å²) >= 11 is 0. The number of pyridine rings is 1. The molecule has 6 nitrogen and oxygen atoms in total. The van der Waals surface area contributed by atoms with Crippen LogP contribution in [0.5, 0.6) is 11.6 Å². The van der Waals surface area contributed by atoms with E-state index >= 15 is 0 Å². The second kappa shape index (κ2) is 11.0. The molecule has 0 unspecified atom stereocenters. The van der Waals surface area contributed by atoms with Crippen molar-refractivity contribution in [2.45, 2.75) is 25.5 Å². The number of methoxy groups -OCH3 is 1. The quantitative estimate of drug-likeness (QED) is 0.403. The van der Waals surface area contributed by atoms with Crippen molar-refractivity contribution in [3.05, 3.63) is 54.2 Å². The van der Waals surface area contributed by atoms with Gasteiger partial charge in [-0.25, -0.2) is 4.98 Å². The van der Waals surface area contributed by atoms with Crippen LogP contribution in [0.1, 0.15) is 18.4 Å². The van der Waals surface area contributed by atoms with Gasteiger partial charge < -0.3 is 19.7 Å². The van der Waals surface area contributed by atoms with Gasteiger partial charge in [0.25, 0.3) is 0 Å². The first-order chi connectivity index (χ1) is 12.8. The van der Waals surface area contributed by atoms with Crippen LogP contribution in [0.25, 0.3) is 0 Å². The molecule has 2 aromatic rings. The van der Waals surface area contributed by atoms with E-state index in [0.29, 0.717) is 12.4 Å². The molecule has 7 heteroatoms. The molecule has 1 fully saturated rings. The van der Waals surface area contributed by atoms with Crippen molar-refractivity contribution in [1.29, 1.82) is 0 Å². The summed E-state index contributed by atoms with van der Waals surface area (Å²) in [5.74, 6) is 2.48. The van der Waals surface area contributed by atoms with Crippen molar-refractivity contribution in [2.75, 3.05) is 27.2 Å². The van der Waals surface area contributed by atoms with Crippen molar-refractivity contribution in [3.8, 4) is 11.6 Å². The first-order valence-electron chi connectivity index (χ1n) is 8.95. The highest BCUT2D eigenvalue weighted by Gasteiger charge is 2.22. The van der Waals surface area contributed by atoms with E-state index in [2.05, 4.69) is 20.2 Å². The lowest BCUT2D eigenvalue weighted by Crippen LogP contribution is -2.47. The number of guanidine groups is 1. The molecule has 146 valence electrons. The van der Waals surface area contributed by atoms with E-state index in [1.807, 2.05) is 49.5 Å². The van der Waals surface area contributed by atoms with Crippen LogP contribution in [0.15, 0.2) is 53.7 Å². The lowest BCUT2D eigenvalue weighted by Gasteiger charge is -2.34. The number of aliphatic imine (C=N–C) groups is 1. The fourth-order valence-electron chi connectivity index (χ4n) is 3.13. The zero-order valence-electron chi connectivity index (χ0n) is 15.8. The molecule has 1 N–H and O–H groups in total. The van der Waals surface area contributed by atoms with Gasteiger partial charge in [0.2, 0.25) is 5.88 Å². The zero-order chi connectivity index (χ0) is 18.2. The van der Waals surface area contributed by atoms with Gasteiger partial charge in [-0.15, -0.1) is 24.0 Å². The van der Waals surface area contributed by atoms with Crippen LogP contribution >= 0.6 is 24.0 Å². The first kappa shape index (κ1) is 21.3. The molecule has 1 aliphatic rings. The van der Waals surface area contributed by atoms with E-state index in [0.717, 1.165) is 43.2 Å². The Labute approximate surface area is 178 Å². The number of nitrogens with one attached hydrogen (secondary N) is 1. The van der Waals surface area contributed by atoms with Gasteiger partial charge in [0, 0.05) is 51.3 Å². The Morgan fingerprint density at radius 3 is 2.59 bits per heavy atom. The zero-order valence-corrected chi connectivity index (χ0v) is 18.1. The average molecular weight is 482 g/mol. The van der Waals surface area contributed by atoms with Crippen LogP contribution in [0.2, 0.25) is 0 Å². The molecule has 0 amide bonds. The molecule has 1 aromatic heterocycles. The lowest BCUT2D eigenvalue weighted by molar-refractivity contribution is 0.129.